The normalized spacial score (nSPS) is 28.7. The van der Waals surface area contributed by atoms with Crippen molar-refractivity contribution in [3.05, 3.63) is 80.5 Å². The van der Waals surface area contributed by atoms with Crippen LogP contribution in [-0.4, -0.2) is 0 Å². The van der Waals surface area contributed by atoms with Gasteiger partial charge >= 0.3 is 0 Å². The minimum absolute atomic E-state index is 0.344. The lowest BCUT2D eigenvalue weighted by atomic mass is 9.70. The van der Waals surface area contributed by atoms with Crippen molar-refractivity contribution in [3.8, 4) is 0 Å². The van der Waals surface area contributed by atoms with Crippen LogP contribution < -0.4 is 0 Å². The van der Waals surface area contributed by atoms with Crippen LogP contribution >= 0.6 is 46.7 Å². The van der Waals surface area contributed by atoms with Gasteiger partial charge in [0.2, 0.25) is 0 Å². The third-order valence-electron chi connectivity index (χ3n) is 6.22. The molecule has 0 aliphatic heterocycles. The molecule has 0 saturated heterocycles. The molecule has 5 rings (SSSR count). The van der Waals surface area contributed by atoms with Gasteiger partial charge in [-0.25, -0.2) is 0 Å². The molecule has 0 amide bonds. The van der Waals surface area contributed by atoms with Gasteiger partial charge in [0.25, 0.3) is 0 Å². The Morgan fingerprint density at radius 3 is 1.44 bits per heavy atom. The molecule has 27 heavy (non-hydrogen) atoms. The first-order chi connectivity index (χ1) is 13.1. The van der Waals surface area contributed by atoms with Crippen LogP contribution in [0.25, 0.3) is 0 Å². The van der Waals surface area contributed by atoms with E-state index in [1.54, 1.807) is 0 Å². The quantitative estimate of drug-likeness (QED) is 0.475. The fourth-order valence-electron chi connectivity index (χ4n) is 5.06. The Morgan fingerprint density at radius 2 is 1.04 bits per heavy atom. The van der Waals surface area contributed by atoms with E-state index >= 15 is 0 Å². The van der Waals surface area contributed by atoms with Gasteiger partial charge in [0.15, 0.2) is 0 Å². The van der Waals surface area contributed by atoms with Crippen molar-refractivity contribution in [2.75, 3.05) is 0 Å². The summed E-state index contributed by atoms with van der Waals surface area (Å²) in [6.07, 6.45) is 11.6. The molecule has 1 saturated carbocycles. The highest BCUT2D eigenvalue weighted by Gasteiger charge is 2.59. The molecule has 0 heterocycles. The number of hydrogen-bond acceptors (Lipinski definition) is 2. The van der Waals surface area contributed by atoms with Gasteiger partial charge in [-0.2, -0.15) is 0 Å². The van der Waals surface area contributed by atoms with Crippen molar-refractivity contribution in [1.29, 1.82) is 0 Å². The van der Waals surface area contributed by atoms with Gasteiger partial charge in [0, 0.05) is 30.7 Å². The molecule has 4 heteroatoms. The highest BCUT2D eigenvalue weighted by molar-refractivity contribution is 8.03. The molecule has 3 aliphatic rings. The zero-order valence-corrected chi connectivity index (χ0v) is 18.0. The summed E-state index contributed by atoms with van der Waals surface area (Å²) in [6, 6.07) is 16.5. The average Bonchev–Trinajstić information content (AvgIpc) is 3.18. The molecular weight excluding hydrogens is 411 g/mol. The van der Waals surface area contributed by atoms with E-state index in [0.29, 0.717) is 10.8 Å². The highest BCUT2D eigenvalue weighted by Crippen LogP contribution is 2.71. The van der Waals surface area contributed by atoms with Gasteiger partial charge in [0.1, 0.15) is 0 Å². The second-order valence-electron chi connectivity index (χ2n) is 7.85. The van der Waals surface area contributed by atoms with Gasteiger partial charge in [0.05, 0.1) is 0 Å². The topological polar surface area (TPSA) is 0 Å². The molecule has 0 aromatic heterocycles. The third kappa shape index (κ3) is 3.29. The van der Waals surface area contributed by atoms with Crippen LogP contribution in [-0.2, 0) is 0 Å². The van der Waals surface area contributed by atoms with E-state index in [9.17, 15) is 0 Å². The zero-order valence-electron chi connectivity index (χ0n) is 14.9. The Morgan fingerprint density at radius 1 is 0.630 bits per heavy atom. The first-order valence-electron chi connectivity index (χ1n) is 9.36. The zero-order chi connectivity index (χ0) is 18.5. The van der Waals surface area contributed by atoms with Crippen LogP contribution in [0.15, 0.2) is 80.3 Å². The van der Waals surface area contributed by atoms with Crippen LogP contribution in [0.1, 0.15) is 32.1 Å². The van der Waals surface area contributed by atoms with Gasteiger partial charge in [-0.05, 0) is 84.0 Å². The lowest BCUT2D eigenvalue weighted by molar-refractivity contribution is 0.230. The lowest BCUT2D eigenvalue weighted by Gasteiger charge is -2.32. The molecule has 2 aromatic rings. The van der Waals surface area contributed by atoms with Crippen molar-refractivity contribution in [2.24, 2.45) is 10.8 Å². The Hall–Kier alpha value is -0.800. The van der Waals surface area contributed by atoms with E-state index in [1.807, 2.05) is 47.8 Å². The molecule has 0 unspecified atom stereocenters. The van der Waals surface area contributed by atoms with E-state index in [4.69, 9.17) is 23.2 Å². The average molecular weight is 431 g/mol. The summed E-state index contributed by atoms with van der Waals surface area (Å²) in [5.74, 6) is 0. The molecular formula is C23H20Cl2S2. The van der Waals surface area contributed by atoms with Crippen molar-refractivity contribution < 1.29 is 0 Å². The van der Waals surface area contributed by atoms with Gasteiger partial charge in [-0.15, -0.1) is 0 Å². The molecule has 2 aromatic carbocycles. The predicted molar refractivity (Wildman–Crippen MR) is 119 cm³/mol. The maximum atomic E-state index is 6.03. The number of rotatable bonds is 4. The van der Waals surface area contributed by atoms with E-state index in [1.165, 1.54) is 51.7 Å². The summed E-state index contributed by atoms with van der Waals surface area (Å²) in [7, 11) is 0. The van der Waals surface area contributed by atoms with Crippen LogP contribution in [0.3, 0.4) is 0 Å². The molecule has 0 radical (unpaired) electrons. The summed E-state index contributed by atoms with van der Waals surface area (Å²) in [4.78, 5) is 5.64. The van der Waals surface area contributed by atoms with Crippen LogP contribution in [0.2, 0.25) is 10.0 Å². The van der Waals surface area contributed by atoms with Crippen LogP contribution in [0.4, 0.5) is 0 Å². The smallest absolute Gasteiger partial charge is 0.0406 e. The standard InChI is InChI=1S/C23H20Cl2S2/c24-16-2-6-18(7-3-16)26-20-12-22-10-1-11-23(22,13-20)15-21(14-22)27-19-8-4-17(25)5-9-19/h2-9,12,15H,1,10-11,13-14H2/t22-,23+/m0/s1. The molecule has 0 N–H and O–H groups in total. The summed E-state index contributed by atoms with van der Waals surface area (Å²) in [6.45, 7) is 0. The fourth-order valence-corrected chi connectivity index (χ4v) is 7.69. The van der Waals surface area contributed by atoms with E-state index in [-0.39, 0.29) is 0 Å². The number of thioether (sulfide) groups is 2. The molecule has 0 nitrogen and oxygen atoms in total. The van der Waals surface area contributed by atoms with Crippen LogP contribution in [0.5, 0.6) is 0 Å². The molecule has 138 valence electrons. The number of hydrogen-bond donors (Lipinski definition) is 0. The maximum Gasteiger partial charge on any atom is 0.0406 e. The first kappa shape index (κ1) is 18.2. The van der Waals surface area contributed by atoms with Crippen molar-refractivity contribution in [3.63, 3.8) is 0 Å². The minimum atomic E-state index is 0.344. The number of allylic oxidation sites excluding steroid dienone is 4. The molecule has 0 spiro atoms. The Balaban J connectivity index is 1.36. The lowest BCUT2D eigenvalue weighted by Crippen LogP contribution is -2.26. The molecule has 0 bridgehead atoms. The Labute approximate surface area is 179 Å². The summed E-state index contributed by atoms with van der Waals surface area (Å²) in [5, 5.41) is 1.61. The van der Waals surface area contributed by atoms with Gasteiger partial charge in [-0.1, -0.05) is 65.3 Å². The second-order valence-corrected chi connectivity index (χ2v) is 11.1. The van der Waals surface area contributed by atoms with Crippen molar-refractivity contribution in [2.45, 2.75) is 41.9 Å². The first-order valence-corrected chi connectivity index (χ1v) is 11.8. The fraction of sp³-hybridized carbons (Fsp3) is 0.304. The van der Waals surface area contributed by atoms with Gasteiger partial charge in [-0.3, -0.25) is 0 Å². The number of benzene rings is 2. The molecule has 1 fully saturated rings. The van der Waals surface area contributed by atoms with Crippen molar-refractivity contribution in [1.82, 2.24) is 0 Å². The summed E-state index contributed by atoms with van der Waals surface area (Å²) in [5.41, 5.74) is 0.688. The predicted octanol–water partition coefficient (Wildman–Crippen LogP) is 8.61. The largest absolute Gasteiger partial charge is 0.0948 e. The summed E-state index contributed by atoms with van der Waals surface area (Å²) >= 11 is 15.9. The monoisotopic (exact) mass is 430 g/mol. The summed E-state index contributed by atoms with van der Waals surface area (Å²) < 4.78 is 0. The van der Waals surface area contributed by atoms with Crippen LogP contribution in [0, 0.1) is 10.8 Å². The van der Waals surface area contributed by atoms with E-state index in [2.05, 4.69) is 36.4 Å². The minimum Gasteiger partial charge on any atom is -0.0948 e. The van der Waals surface area contributed by atoms with E-state index in [0.717, 1.165) is 10.0 Å². The van der Waals surface area contributed by atoms with Crippen molar-refractivity contribution >= 4 is 46.7 Å². The third-order valence-corrected chi connectivity index (χ3v) is 8.78. The molecule has 2 atom stereocenters. The second kappa shape index (κ2) is 6.91. The Kier molecular flexibility index (Phi) is 4.67. The Bertz CT molecular complexity index is 852. The highest BCUT2D eigenvalue weighted by atomic mass is 35.5. The maximum absolute atomic E-state index is 6.03. The molecule has 3 aliphatic carbocycles. The number of halogens is 2. The van der Waals surface area contributed by atoms with E-state index < -0.39 is 0 Å². The van der Waals surface area contributed by atoms with Gasteiger partial charge < -0.3 is 0 Å². The SMILES string of the molecule is Clc1ccc(SC2=C[C@]34CCC[C@]3(C=C(Sc3ccc(Cl)cc3)C4)C2)cc1.